The zero-order valence-electron chi connectivity index (χ0n) is 14.0. The van der Waals surface area contributed by atoms with Crippen LogP contribution in [0.1, 0.15) is 45.4 Å². The van der Waals surface area contributed by atoms with Gasteiger partial charge in [0.1, 0.15) is 5.75 Å². The Balaban J connectivity index is 1.34. The minimum atomic E-state index is 0.143. The van der Waals surface area contributed by atoms with E-state index in [4.69, 9.17) is 10.5 Å². The highest BCUT2D eigenvalue weighted by Gasteiger charge is 2.41. The Hall–Kier alpha value is -1.71. The van der Waals surface area contributed by atoms with Crippen molar-refractivity contribution in [2.75, 3.05) is 12.3 Å². The highest BCUT2D eigenvalue weighted by Crippen LogP contribution is 2.49. The van der Waals surface area contributed by atoms with Crippen molar-refractivity contribution in [1.82, 2.24) is 5.32 Å². The molecule has 2 bridgehead atoms. The Bertz CT molecular complexity index is 546. The molecule has 1 aromatic rings. The lowest BCUT2D eigenvalue weighted by atomic mass is 9.84. The molecule has 4 heteroatoms. The molecule has 126 valence electrons. The molecule has 4 unspecified atom stereocenters. The molecule has 1 aromatic carbocycles. The van der Waals surface area contributed by atoms with E-state index >= 15 is 0 Å². The predicted molar refractivity (Wildman–Crippen MR) is 92.1 cm³/mol. The van der Waals surface area contributed by atoms with Gasteiger partial charge >= 0.3 is 0 Å². The highest BCUT2D eigenvalue weighted by atomic mass is 16.5. The summed E-state index contributed by atoms with van der Waals surface area (Å²) < 4.78 is 5.63. The number of carbonyl (C=O) groups excluding carboxylic acids is 1. The van der Waals surface area contributed by atoms with E-state index in [0.717, 1.165) is 11.8 Å². The van der Waals surface area contributed by atoms with Crippen LogP contribution in [0.4, 0.5) is 5.69 Å². The van der Waals surface area contributed by atoms with Crippen LogP contribution in [0.5, 0.6) is 5.75 Å². The average Bonchev–Trinajstić information content (AvgIpc) is 3.16. The first-order valence-corrected chi connectivity index (χ1v) is 8.90. The molecule has 0 aromatic heterocycles. The number of hydrogen-bond donors (Lipinski definition) is 2. The van der Waals surface area contributed by atoms with Gasteiger partial charge in [-0.15, -0.1) is 0 Å². The quantitative estimate of drug-likeness (QED) is 0.599. The molecule has 0 aliphatic heterocycles. The molecule has 2 aliphatic carbocycles. The second-order valence-electron chi connectivity index (χ2n) is 7.18. The molecular weight excluding hydrogens is 288 g/mol. The van der Waals surface area contributed by atoms with Crippen LogP contribution < -0.4 is 15.8 Å². The first-order valence-electron chi connectivity index (χ1n) is 8.90. The monoisotopic (exact) mass is 316 g/mol. The maximum atomic E-state index is 12.1. The van der Waals surface area contributed by atoms with E-state index < -0.39 is 0 Å². The molecule has 0 saturated heterocycles. The second-order valence-corrected chi connectivity index (χ2v) is 7.18. The fraction of sp³-hybridized carbons (Fsp3) is 0.632. The Morgan fingerprint density at radius 1 is 1.35 bits per heavy atom. The Morgan fingerprint density at radius 2 is 2.17 bits per heavy atom. The van der Waals surface area contributed by atoms with Gasteiger partial charge in [0.2, 0.25) is 5.91 Å². The van der Waals surface area contributed by atoms with Crippen LogP contribution in [0.25, 0.3) is 0 Å². The summed E-state index contributed by atoms with van der Waals surface area (Å²) in [6, 6.07) is 7.76. The Labute approximate surface area is 138 Å². The normalized spacial score (nSPS) is 26.9. The third kappa shape index (κ3) is 3.98. The van der Waals surface area contributed by atoms with Gasteiger partial charge in [0.25, 0.3) is 0 Å². The maximum Gasteiger partial charge on any atom is 0.220 e. The number of nitrogens with one attached hydrogen (secondary N) is 1. The van der Waals surface area contributed by atoms with Crippen LogP contribution in [-0.2, 0) is 4.79 Å². The van der Waals surface area contributed by atoms with E-state index in [2.05, 4.69) is 12.2 Å². The van der Waals surface area contributed by atoms with E-state index in [1.807, 2.05) is 24.3 Å². The van der Waals surface area contributed by atoms with Crippen molar-refractivity contribution in [2.24, 2.45) is 17.8 Å². The minimum Gasteiger partial charge on any atom is -0.491 e. The molecule has 4 nitrogen and oxygen atoms in total. The van der Waals surface area contributed by atoms with Gasteiger partial charge in [-0.1, -0.05) is 18.6 Å². The van der Waals surface area contributed by atoms with Crippen LogP contribution in [-0.4, -0.2) is 18.6 Å². The Kier molecular flexibility index (Phi) is 5.09. The van der Waals surface area contributed by atoms with Crippen LogP contribution in [0.2, 0.25) is 0 Å². The maximum absolute atomic E-state index is 12.1. The minimum absolute atomic E-state index is 0.143. The summed E-state index contributed by atoms with van der Waals surface area (Å²) in [6.45, 7) is 2.69. The summed E-state index contributed by atoms with van der Waals surface area (Å²) in [5.41, 5.74) is 6.46. The van der Waals surface area contributed by atoms with Crippen molar-refractivity contribution in [2.45, 2.75) is 51.5 Å². The molecule has 3 rings (SSSR count). The van der Waals surface area contributed by atoms with Crippen LogP contribution in [0, 0.1) is 17.8 Å². The van der Waals surface area contributed by atoms with Crippen molar-refractivity contribution >= 4 is 11.6 Å². The number of amides is 1. The van der Waals surface area contributed by atoms with Gasteiger partial charge in [0.05, 0.1) is 12.3 Å². The summed E-state index contributed by atoms with van der Waals surface area (Å²) in [5.74, 6) is 3.31. The van der Waals surface area contributed by atoms with E-state index in [9.17, 15) is 4.79 Å². The summed E-state index contributed by atoms with van der Waals surface area (Å²) in [6.07, 6.45) is 6.69. The largest absolute Gasteiger partial charge is 0.491 e. The number of ether oxygens (including phenoxy) is 1. The smallest absolute Gasteiger partial charge is 0.220 e. The van der Waals surface area contributed by atoms with Crippen LogP contribution >= 0.6 is 0 Å². The molecule has 2 saturated carbocycles. The molecule has 0 heterocycles. The lowest BCUT2D eigenvalue weighted by Crippen LogP contribution is -2.40. The van der Waals surface area contributed by atoms with Gasteiger partial charge in [-0.3, -0.25) is 4.79 Å². The number of hydrogen-bond acceptors (Lipinski definition) is 3. The summed E-state index contributed by atoms with van der Waals surface area (Å²) in [5, 5.41) is 3.20. The lowest BCUT2D eigenvalue weighted by Gasteiger charge is -2.28. The van der Waals surface area contributed by atoms with E-state index in [0.29, 0.717) is 42.8 Å². The topological polar surface area (TPSA) is 64.3 Å². The summed E-state index contributed by atoms with van der Waals surface area (Å²) >= 11 is 0. The van der Waals surface area contributed by atoms with E-state index in [1.165, 1.54) is 25.7 Å². The summed E-state index contributed by atoms with van der Waals surface area (Å²) in [7, 11) is 0. The van der Waals surface area contributed by atoms with Crippen LogP contribution in [0.3, 0.4) is 0 Å². The van der Waals surface area contributed by atoms with Crippen molar-refractivity contribution in [3.63, 3.8) is 0 Å². The highest BCUT2D eigenvalue weighted by molar-refractivity contribution is 5.76. The zero-order chi connectivity index (χ0) is 16.2. The fourth-order valence-electron chi connectivity index (χ4n) is 4.37. The number of nitrogen functional groups attached to an aromatic ring is 1. The number of anilines is 1. The van der Waals surface area contributed by atoms with E-state index in [-0.39, 0.29) is 5.91 Å². The molecular formula is C19H28N2O2. The molecule has 23 heavy (non-hydrogen) atoms. The van der Waals surface area contributed by atoms with Gasteiger partial charge in [0, 0.05) is 12.5 Å². The molecule has 4 atom stereocenters. The van der Waals surface area contributed by atoms with Crippen molar-refractivity contribution in [1.29, 1.82) is 0 Å². The molecule has 0 radical (unpaired) electrons. The third-order valence-electron chi connectivity index (χ3n) is 5.55. The van der Waals surface area contributed by atoms with Crippen LogP contribution in [0.15, 0.2) is 24.3 Å². The van der Waals surface area contributed by atoms with Gasteiger partial charge < -0.3 is 15.8 Å². The first-order chi connectivity index (χ1) is 11.1. The number of carbonyl (C=O) groups is 1. The number of rotatable bonds is 7. The van der Waals surface area contributed by atoms with Gasteiger partial charge in [-0.25, -0.2) is 0 Å². The number of benzene rings is 1. The van der Waals surface area contributed by atoms with Crippen molar-refractivity contribution < 1.29 is 9.53 Å². The zero-order valence-corrected chi connectivity index (χ0v) is 14.0. The molecule has 2 fully saturated rings. The predicted octanol–water partition coefficient (Wildman–Crippen LogP) is 3.37. The van der Waals surface area contributed by atoms with Crippen molar-refractivity contribution in [3.8, 4) is 5.75 Å². The van der Waals surface area contributed by atoms with E-state index in [1.54, 1.807) is 0 Å². The lowest BCUT2D eigenvalue weighted by molar-refractivity contribution is -0.122. The molecule has 2 aliphatic rings. The summed E-state index contributed by atoms with van der Waals surface area (Å²) in [4.78, 5) is 12.1. The second kappa shape index (κ2) is 7.24. The SMILES string of the molecule is CC(NC(=O)CCCOc1ccccc1N)C1CC2CCC1C2. The van der Waals surface area contributed by atoms with Gasteiger partial charge in [-0.2, -0.15) is 0 Å². The number of para-hydroxylation sites is 2. The van der Waals surface area contributed by atoms with Gasteiger partial charge in [0.15, 0.2) is 0 Å². The fourth-order valence-corrected chi connectivity index (χ4v) is 4.37. The molecule has 1 amide bonds. The Morgan fingerprint density at radius 3 is 2.87 bits per heavy atom. The average molecular weight is 316 g/mol. The third-order valence-corrected chi connectivity index (χ3v) is 5.55. The molecule has 0 spiro atoms. The van der Waals surface area contributed by atoms with Gasteiger partial charge in [-0.05, 0) is 62.5 Å². The van der Waals surface area contributed by atoms with Crippen molar-refractivity contribution in [3.05, 3.63) is 24.3 Å². The standard InChI is InChI=1S/C19H28N2O2/c1-13(16-12-14-8-9-15(16)11-14)21-19(22)7-4-10-23-18-6-3-2-5-17(18)20/h2-3,5-6,13-16H,4,7-12,20H2,1H3,(H,21,22). The molecule has 3 N–H and O–H groups in total. The number of nitrogens with two attached hydrogens (primary N) is 1. The number of fused-ring (bicyclic) bond motifs is 2. The first kappa shape index (κ1) is 16.2.